The Bertz CT molecular complexity index is 2880. The maximum Gasteiger partial charge on any atom is 0.0737 e. The number of ether oxygens (including phenoxy) is 1. The molecule has 458 valence electrons. The van der Waals surface area contributed by atoms with E-state index in [1.807, 2.05) is 0 Å². The minimum atomic E-state index is 0.101. The number of benzene rings is 4. The zero-order valence-electron chi connectivity index (χ0n) is 55.0. The van der Waals surface area contributed by atoms with Crippen LogP contribution >= 0.6 is 11.8 Å². The van der Waals surface area contributed by atoms with Gasteiger partial charge in [0, 0.05) is 63.5 Å². The summed E-state index contributed by atoms with van der Waals surface area (Å²) in [5, 5.41) is 1.50. The molecule has 3 saturated heterocycles. The van der Waals surface area contributed by atoms with E-state index in [-0.39, 0.29) is 21.7 Å². The number of hydrogen-bond acceptors (Lipinski definition) is 5. The quantitative estimate of drug-likeness (QED) is 0.191. The van der Waals surface area contributed by atoms with E-state index in [2.05, 4.69) is 207 Å². The van der Waals surface area contributed by atoms with E-state index in [0.717, 1.165) is 28.9 Å². The van der Waals surface area contributed by atoms with E-state index < -0.39 is 0 Å². The van der Waals surface area contributed by atoms with Crippen LogP contribution in [0.5, 0.6) is 0 Å². The van der Waals surface area contributed by atoms with E-state index in [4.69, 9.17) is 4.74 Å². The van der Waals surface area contributed by atoms with Crippen LogP contribution in [0.25, 0.3) is 0 Å². The lowest BCUT2D eigenvalue weighted by Gasteiger charge is -2.67. The van der Waals surface area contributed by atoms with Crippen LogP contribution in [0.4, 0.5) is 22.7 Å². The molecule has 4 aromatic rings. The molecule has 0 N–H and O–H groups in total. The first-order valence-electron chi connectivity index (χ1n) is 35.8. The summed E-state index contributed by atoms with van der Waals surface area (Å²) < 4.78 is 7.83. The Hall–Kier alpha value is -3.25. The zero-order chi connectivity index (χ0) is 58.6. The van der Waals surface area contributed by atoms with Crippen molar-refractivity contribution < 1.29 is 4.74 Å². The van der Waals surface area contributed by atoms with Crippen LogP contribution in [-0.4, -0.2) is 57.8 Å². The van der Waals surface area contributed by atoms with Gasteiger partial charge >= 0.3 is 0 Å². The molecule has 8 saturated carbocycles. The summed E-state index contributed by atoms with van der Waals surface area (Å²) in [4.78, 5) is 9.67. The largest absolute Gasteiger partial charge is 0.372 e. The number of morpholine rings is 1. The van der Waals surface area contributed by atoms with Gasteiger partial charge < -0.3 is 14.5 Å². The lowest BCUT2D eigenvalue weighted by Crippen LogP contribution is -2.73. The van der Waals surface area contributed by atoms with Crippen molar-refractivity contribution in [3.63, 3.8) is 0 Å². The van der Waals surface area contributed by atoms with Crippen molar-refractivity contribution in [2.45, 2.75) is 280 Å². The van der Waals surface area contributed by atoms with E-state index in [1.165, 1.54) is 167 Å². The highest BCUT2D eigenvalue weighted by Gasteiger charge is 2.72. The van der Waals surface area contributed by atoms with Crippen LogP contribution in [0, 0.1) is 71.0 Å². The summed E-state index contributed by atoms with van der Waals surface area (Å²) in [6.45, 7) is 28.9. The van der Waals surface area contributed by atoms with Gasteiger partial charge in [-0.15, -0.1) is 0 Å². The van der Waals surface area contributed by atoms with Gasteiger partial charge in [0.25, 0.3) is 0 Å². The van der Waals surface area contributed by atoms with Crippen LogP contribution in [0.1, 0.15) is 227 Å². The Labute approximate surface area is 520 Å². The van der Waals surface area contributed by atoms with Gasteiger partial charge in [0.15, 0.2) is 0 Å². The van der Waals surface area contributed by atoms with Gasteiger partial charge in [0.1, 0.15) is 0 Å². The summed E-state index contributed by atoms with van der Waals surface area (Å²) in [6.07, 6.45) is 27.2. The molecule has 21 atom stereocenters. The van der Waals surface area contributed by atoms with Crippen LogP contribution in [0.2, 0.25) is 0 Å². The Morgan fingerprint density at radius 1 is 0.365 bits per heavy atom. The molecule has 0 radical (unpaired) electrons. The Balaban J connectivity index is 0.974. The second-order valence-corrected chi connectivity index (χ2v) is 36.2. The number of anilines is 4. The van der Waals surface area contributed by atoms with Crippen molar-refractivity contribution in [1.29, 1.82) is 0 Å². The van der Waals surface area contributed by atoms with Crippen LogP contribution in [0.3, 0.4) is 0 Å². The minimum Gasteiger partial charge on any atom is -0.372 e. The highest BCUT2D eigenvalue weighted by atomic mass is 32.2. The SMILES string of the molecule is CC(C)(C)c1ccc(N(c2ccc(C(C)(C)C)cc2)C2CC3C(C4SC5CCCCC5C42)C2C4CCCCC4C(N(c4ccc(C(C)(C)C)cc4)c4ccc(C(C)(C)C)cc4)C4C5CCCC(C35)N3C5CCCCC5OC5CCCC(C24)C53)cc1. The van der Waals surface area contributed by atoms with Gasteiger partial charge in [-0.3, -0.25) is 4.90 Å². The molecular weight excluding hydrogens is 1050 g/mol. The van der Waals surface area contributed by atoms with E-state index in [0.29, 0.717) is 95.0 Å². The van der Waals surface area contributed by atoms with Crippen molar-refractivity contribution in [2.24, 2.45) is 71.0 Å². The molecule has 4 aromatic carbocycles. The Kier molecular flexibility index (Phi) is 14.9. The van der Waals surface area contributed by atoms with Crippen molar-refractivity contribution in [3.8, 4) is 0 Å². The minimum absolute atomic E-state index is 0.101. The highest BCUT2D eigenvalue weighted by molar-refractivity contribution is 8.00. The fourth-order valence-corrected chi connectivity index (χ4v) is 25.5. The molecule has 15 rings (SSSR count). The second-order valence-electron chi connectivity index (χ2n) is 34.8. The van der Waals surface area contributed by atoms with Crippen molar-refractivity contribution in [3.05, 3.63) is 119 Å². The predicted molar refractivity (Wildman–Crippen MR) is 359 cm³/mol. The van der Waals surface area contributed by atoms with Gasteiger partial charge in [0.2, 0.25) is 0 Å². The van der Waals surface area contributed by atoms with Gasteiger partial charge in [-0.05, 0) is 234 Å². The zero-order valence-corrected chi connectivity index (χ0v) is 55.8. The highest BCUT2D eigenvalue weighted by Crippen LogP contribution is 2.73. The normalized spacial score (nSPS) is 39.6. The third kappa shape index (κ3) is 9.83. The molecule has 3 heterocycles. The first kappa shape index (κ1) is 58.1. The third-order valence-corrected chi connectivity index (χ3v) is 28.3. The van der Waals surface area contributed by atoms with Crippen molar-refractivity contribution in [1.82, 2.24) is 4.90 Å². The average molecular weight is 1160 g/mol. The van der Waals surface area contributed by atoms with Gasteiger partial charge in [-0.2, -0.15) is 11.8 Å². The molecule has 21 unspecified atom stereocenters. The molecule has 0 aromatic heterocycles. The van der Waals surface area contributed by atoms with Gasteiger partial charge in [-0.1, -0.05) is 183 Å². The van der Waals surface area contributed by atoms with Crippen LogP contribution < -0.4 is 9.80 Å². The van der Waals surface area contributed by atoms with E-state index in [1.54, 1.807) is 0 Å². The van der Waals surface area contributed by atoms with Crippen molar-refractivity contribution >= 4 is 34.5 Å². The summed E-state index contributed by atoms with van der Waals surface area (Å²) in [7, 11) is 0. The fraction of sp³-hybridized carbons (Fsp3) is 0.700. The predicted octanol–water partition coefficient (Wildman–Crippen LogP) is 20.2. The number of nitrogens with zero attached hydrogens (tertiary/aromatic N) is 3. The summed E-state index contributed by atoms with van der Waals surface area (Å²) in [5.41, 5.74) is 12.0. The molecule has 6 bridgehead atoms. The standard InChI is InChI=1S/C80H111N3OS/c1-77(2,3)48-31-39-52(40-32-48)81(53-41-33-49(34-42-53)78(4,5)6)64-47-61-68-59-24-19-27-63(68)83-62-26-16-17-28-65(62)84-66-29-20-25-60(74(66)83)71-70(73(61)76-69(64)58-23-15-18-30-67(58)85-76)56-21-13-14-22-57(56)75(72(59)71)82(54-43-35-50(36-44-54)79(7,8)9)55-45-37-51(38-46-55)80(10,11)12/h31-46,56-76H,13-30,47H2,1-12H3. The summed E-state index contributed by atoms with van der Waals surface area (Å²) >= 11 is 2.65. The molecule has 8 aliphatic carbocycles. The Morgan fingerprint density at radius 2 is 0.800 bits per heavy atom. The van der Waals surface area contributed by atoms with Crippen molar-refractivity contribution in [2.75, 3.05) is 9.80 Å². The lowest BCUT2D eigenvalue weighted by atomic mass is 9.46. The molecular formula is C80H111N3OS. The molecule has 3 aliphatic heterocycles. The van der Waals surface area contributed by atoms with Crippen LogP contribution in [0.15, 0.2) is 97.1 Å². The van der Waals surface area contributed by atoms with Gasteiger partial charge in [0.05, 0.1) is 12.2 Å². The van der Waals surface area contributed by atoms with Gasteiger partial charge in [-0.25, -0.2) is 0 Å². The van der Waals surface area contributed by atoms with E-state index in [9.17, 15) is 0 Å². The maximum atomic E-state index is 7.83. The second kappa shape index (κ2) is 21.7. The molecule has 11 fully saturated rings. The smallest absolute Gasteiger partial charge is 0.0737 e. The topological polar surface area (TPSA) is 19.0 Å². The molecule has 0 spiro atoms. The number of thioether (sulfide) groups is 1. The van der Waals surface area contributed by atoms with Crippen LogP contribution in [-0.2, 0) is 26.4 Å². The molecule has 0 amide bonds. The molecule has 5 heteroatoms. The molecule has 4 nitrogen and oxygen atoms in total. The maximum absolute atomic E-state index is 7.83. The molecule has 11 aliphatic rings. The summed E-state index contributed by atoms with van der Waals surface area (Å²) in [5.74, 6) is 8.63. The fourth-order valence-electron chi connectivity index (χ4n) is 23.1. The monoisotopic (exact) mass is 1160 g/mol. The number of rotatable bonds is 6. The first-order valence-corrected chi connectivity index (χ1v) is 36.8. The third-order valence-electron chi connectivity index (χ3n) is 26.4. The van der Waals surface area contributed by atoms with E-state index >= 15 is 0 Å². The number of fused-ring (bicyclic) bond motifs is 11. The number of hydrogen-bond donors (Lipinski definition) is 0. The lowest BCUT2D eigenvalue weighted by molar-refractivity contribution is -0.235. The first-order chi connectivity index (χ1) is 40.7. The Morgan fingerprint density at radius 3 is 1.36 bits per heavy atom. The average Bonchev–Trinajstić information content (AvgIpc) is 1.63. The summed E-state index contributed by atoms with van der Waals surface area (Å²) in [6, 6.07) is 43.8. The molecule has 85 heavy (non-hydrogen) atoms.